The quantitative estimate of drug-likeness (QED) is 0.747. The molecule has 5 nitrogen and oxygen atoms in total. The summed E-state index contributed by atoms with van der Waals surface area (Å²) in [5.41, 5.74) is 3.52. The van der Waals surface area contributed by atoms with Crippen molar-refractivity contribution >= 4 is 39.1 Å². The van der Waals surface area contributed by atoms with E-state index in [0.29, 0.717) is 0 Å². The summed E-state index contributed by atoms with van der Waals surface area (Å²) < 4.78 is 0.964. The van der Waals surface area contributed by atoms with Gasteiger partial charge in [-0.25, -0.2) is 0 Å². The van der Waals surface area contributed by atoms with Gasteiger partial charge in [-0.1, -0.05) is 34.1 Å². The Hall–Kier alpha value is -2.18. The number of amides is 2. The molecular weight excluding hydrogens is 394 g/mol. The number of anilines is 2. The van der Waals surface area contributed by atoms with Crippen molar-refractivity contribution in [3.05, 3.63) is 58.1 Å². The van der Waals surface area contributed by atoms with Crippen LogP contribution in [0.2, 0.25) is 0 Å². The van der Waals surface area contributed by atoms with Crippen LogP contribution in [-0.4, -0.2) is 36.3 Å². The minimum absolute atomic E-state index is 0.123. The van der Waals surface area contributed by atoms with Crippen molar-refractivity contribution < 1.29 is 9.59 Å². The lowest BCUT2D eigenvalue weighted by molar-refractivity contribution is -0.122. The third kappa shape index (κ3) is 5.41. The molecule has 0 radical (unpaired) electrons. The second-order valence-corrected chi connectivity index (χ2v) is 7.32. The van der Waals surface area contributed by atoms with E-state index in [1.165, 1.54) is 0 Å². The number of carbonyl (C=O) groups excluding carboxylic acids is 2. The lowest BCUT2D eigenvalue weighted by Gasteiger charge is -2.24. The van der Waals surface area contributed by atoms with Crippen LogP contribution in [0.15, 0.2) is 46.9 Å². The number of carbonyl (C=O) groups is 2. The molecule has 1 atom stereocenters. The van der Waals surface area contributed by atoms with Crippen molar-refractivity contribution in [2.45, 2.75) is 26.8 Å². The highest BCUT2D eigenvalue weighted by molar-refractivity contribution is 9.10. The smallest absolute Gasteiger partial charge is 0.241 e. The number of likely N-dealkylation sites (N-methyl/N-ethyl adjacent to an activating group) is 1. The molecule has 0 bridgehead atoms. The first-order chi connectivity index (χ1) is 12.3. The Labute approximate surface area is 162 Å². The molecule has 138 valence electrons. The SMILES string of the molecule is Cc1cc(Br)ccc1NC(=O)CN(C)C(C)C(=O)Nc1ccccc1C. The first-order valence-electron chi connectivity index (χ1n) is 8.40. The number of nitrogens with one attached hydrogen (secondary N) is 2. The van der Waals surface area contributed by atoms with Crippen LogP contribution in [0, 0.1) is 13.8 Å². The molecule has 2 amide bonds. The lowest BCUT2D eigenvalue weighted by Crippen LogP contribution is -2.43. The molecule has 0 heterocycles. The molecule has 0 saturated heterocycles. The molecule has 0 spiro atoms. The summed E-state index contributed by atoms with van der Waals surface area (Å²) in [6, 6.07) is 12.8. The van der Waals surface area contributed by atoms with Crippen molar-refractivity contribution in [1.82, 2.24) is 4.90 Å². The number of rotatable bonds is 6. The van der Waals surface area contributed by atoms with Gasteiger partial charge in [-0.3, -0.25) is 14.5 Å². The molecule has 2 N–H and O–H groups in total. The van der Waals surface area contributed by atoms with Crippen molar-refractivity contribution in [3.63, 3.8) is 0 Å². The second kappa shape index (κ2) is 8.96. The largest absolute Gasteiger partial charge is 0.325 e. The van der Waals surface area contributed by atoms with E-state index in [9.17, 15) is 9.59 Å². The zero-order chi connectivity index (χ0) is 19.3. The number of hydrogen-bond acceptors (Lipinski definition) is 3. The predicted octanol–water partition coefficient (Wildman–Crippen LogP) is 3.96. The molecule has 0 aliphatic carbocycles. The third-order valence-corrected chi connectivity index (χ3v) is 4.79. The molecule has 1 unspecified atom stereocenters. The highest BCUT2D eigenvalue weighted by Crippen LogP contribution is 2.20. The number of nitrogens with zero attached hydrogens (tertiary/aromatic N) is 1. The van der Waals surface area contributed by atoms with Crippen molar-refractivity contribution in [3.8, 4) is 0 Å². The number of halogens is 1. The van der Waals surface area contributed by atoms with Crippen LogP contribution in [0.5, 0.6) is 0 Å². The van der Waals surface area contributed by atoms with Gasteiger partial charge in [-0.2, -0.15) is 0 Å². The fourth-order valence-corrected chi connectivity index (χ4v) is 2.95. The summed E-state index contributed by atoms with van der Waals surface area (Å²) in [6.45, 7) is 5.78. The van der Waals surface area contributed by atoms with E-state index in [1.807, 2.05) is 56.3 Å². The Bertz CT molecular complexity index is 807. The highest BCUT2D eigenvalue weighted by Gasteiger charge is 2.21. The molecule has 26 heavy (non-hydrogen) atoms. The fraction of sp³-hybridized carbons (Fsp3) is 0.300. The van der Waals surface area contributed by atoms with E-state index in [-0.39, 0.29) is 18.4 Å². The summed E-state index contributed by atoms with van der Waals surface area (Å²) in [5, 5.41) is 5.80. The molecular formula is C20H24BrN3O2. The lowest BCUT2D eigenvalue weighted by atomic mass is 10.2. The number of benzene rings is 2. The second-order valence-electron chi connectivity index (χ2n) is 6.40. The Morgan fingerprint density at radius 1 is 1.04 bits per heavy atom. The van der Waals surface area contributed by atoms with Gasteiger partial charge in [0.15, 0.2) is 0 Å². The van der Waals surface area contributed by atoms with Gasteiger partial charge in [0.2, 0.25) is 11.8 Å². The van der Waals surface area contributed by atoms with Crippen LogP contribution in [0.3, 0.4) is 0 Å². The Morgan fingerprint density at radius 2 is 1.69 bits per heavy atom. The molecule has 0 fully saturated rings. The van der Waals surface area contributed by atoms with Gasteiger partial charge in [0, 0.05) is 15.8 Å². The number of hydrogen-bond donors (Lipinski definition) is 2. The third-order valence-electron chi connectivity index (χ3n) is 4.30. The van der Waals surface area contributed by atoms with Gasteiger partial charge in [-0.05, 0) is 63.2 Å². The average molecular weight is 418 g/mol. The van der Waals surface area contributed by atoms with Gasteiger partial charge in [-0.15, -0.1) is 0 Å². The van der Waals surface area contributed by atoms with E-state index in [0.717, 1.165) is 27.0 Å². The Balaban J connectivity index is 1.93. The molecule has 2 aromatic carbocycles. The van der Waals surface area contributed by atoms with Crippen LogP contribution in [0.4, 0.5) is 11.4 Å². The van der Waals surface area contributed by atoms with E-state index < -0.39 is 6.04 Å². The predicted molar refractivity (Wildman–Crippen MR) is 109 cm³/mol. The standard InChI is InChI=1S/C20H24BrN3O2/c1-13-7-5-6-8-17(13)23-20(26)15(3)24(4)12-19(25)22-18-10-9-16(21)11-14(18)2/h5-11,15H,12H2,1-4H3,(H,22,25)(H,23,26). The zero-order valence-electron chi connectivity index (χ0n) is 15.5. The van der Waals surface area contributed by atoms with Crippen LogP contribution in [0.1, 0.15) is 18.1 Å². The Morgan fingerprint density at radius 3 is 2.35 bits per heavy atom. The Kier molecular flexibility index (Phi) is 6.94. The topological polar surface area (TPSA) is 61.4 Å². The maximum Gasteiger partial charge on any atom is 0.241 e. The number of aryl methyl sites for hydroxylation is 2. The summed E-state index contributed by atoms with van der Waals surface area (Å²) in [4.78, 5) is 26.5. The molecule has 0 aliphatic rings. The van der Waals surface area contributed by atoms with Crippen LogP contribution in [-0.2, 0) is 9.59 Å². The van der Waals surface area contributed by atoms with Gasteiger partial charge < -0.3 is 10.6 Å². The minimum atomic E-state index is -0.439. The first-order valence-corrected chi connectivity index (χ1v) is 9.20. The van der Waals surface area contributed by atoms with E-state index in [4.69, 9.17) is 0 Å². The van der Waals surface area contributed by atoms with Crippen LogP contribution in [0.25, 0.3) is 0 Å². The van der Waals surface area contributed by atoms with Gasteiger partial charge in [0.05, 0.1) is 12.6 Å². The molecule has 0 saturated carbocycles. The van der Waals surface area contributed by atoms with Gasteiger partial charge >= 0.3 is 0 Å². The summed E-state index contributed by atoms with van der Waals surface area (Å²) >= 11 is 3.40. The molecule has 0 aliphatic heterocycles. The maximum absolute atomic E-state index is 12.4. The first kappa shape index (κ1) is 20.1. The van der Waals surface area contributed by atoms with Crippen molar-refractivity contribution in [1.29, 1.82) is 0 Å². The highest BCUT2D eigenvalue weighted by atomic mass is 79.9. The van der Waals surface area contributed by atoms with Crippen molar-refractivity contribution in [2.75, 3.05) is 24.2 Å². The van der Waals surface area contributed by atoms with Crippen LogP contribution >= 0.6 is 15.9 Å². The minimum Gasteiger partial charge on any atom is -0.325 e. The molecule has 0 aromatic heterocycles. The summed E-state index contributed by atoms with van der Waals surface area (Å²) in [6.07, 6.45) is 0. The fourth-order valence-electron chi connectivity index (χ4n) is 2.47. The van der Waals surface area contributed by atoms with Gasteiger partial charge in [0.25, 0.3) is 0 Å². The number of para-hydroxylation sites is 1. The van der Waals surface area contributed by atoms with E-state index in [1.54, 1.807) is 18.9 Å². The normalized spacial score (nSPS) is 11.9. The van der Waals surface area contributed by atoms with Gasteiger partial charge in [0.1, 0.15) is 0 Å². The summed E-state index contributed by atoms with van der Waals surface area (Å²) in [5.74, 6) is -0.303. The molecule has 6 heteroatoms. The van der Waals surface area contributed by atoms with E-state index >= 15 is 0 Å². The molecule has 2 rings (SSSR count). The maximum atomic E-state index is 12.4. The summed E-state index contributed by atoms with van der Waals surface area (Å²) in [7, 11) is 1.76. The monoisotopic (exact) mass is 417 g/mol. The molecule has 2 aromatic rings. The van der Waals surface area contributed by atoms with Crippen LogP contribution < -0.4 is 10.6 Å². The van der Waals surface area contributed by atoms with E-state index in [2.05, 4.69) is 26.6 Å². The van der Waals surface area contributed by atoms with Crippen molar-refractivity contribution in [2.24, 2.45) is 0 Å². The average Bonchev–Trinajstić information content (AvgIpc) is 2.58. The zero-order valence-corrected chi connectivity index (χ0v) is 17.1.